The molecule has 0 saturated carbocycles. The summed E-state index contributed by atoms with van der Waals surface area (Å²) in [5.74, 6) is -0.503. The third-order valence-corrected chi connectivity index (χ3v) is 4.65. The monoisotopic (exact) mass is 352 g/mol. The molecule has 2 heterocycles. The number of para-hydroxylation sites is 1. The van der Waals surface area contributed by atoms with E-state index in [1.54, 1.807) is 29.2 Å². The van der Waals surface area contributed by atoms with Crippen LogP contribution in [-0.2, 0) is 11.2 Å². The van der Waals surface area contributed by atoms with Crippen molar-refractivity contribution in [2.24, 2.45) is 0 Å². The number of carbonyl (C=O) groups excluding carboxylic acids is 1. The molecule has 0 spiro atoms. The molecule has 0 atom stereocenters. The zero-order valence-electron chi connectivity index (χ0n) is 13.0. The number of amides is 1. The molecule has 5 nitrogen and oxygen atoms in total. The lowest BCUT2D eigenvalue weighted by molar-refractivity contribution is -0.115. The van der Waals surface area contributed by atoms with Crippen LogP contribution in [0.25, 0.3) is 15.3 Å². The molecule has 25 heavy (non-hydrogen) atoms. The summed E-state index contributed by atoms with van der Waals surface area (Å²) in [6.45, 7) is 0. The van der Waals surface area contributed by atoms with Gasteiger partial charge in [0, 0.05) is 0 Å². The number of benzene rings is 2. The fraction of sp³-hybridized carbons (Fsp3) is 0.0556. The molecular weight excluding hydrogens is 339 g/mol. The molecule has 2 aromatic heterocycles. The Hall–Kier alpha value is -3.06. The predicted molar refractivity (Wildman–Crippen MR) is 95.5 cm³/mol. The molecule has 0 fully saturated rings. The molecule has 1 amide bonds. The van der Waals surface area contributed by atoms with Gasteiger partial charge >= 0.3 is 0 Å². The maximum absolute atomic E-state index is 12.9. The van der Waals surface area contributed by atoms with Gasteiger partial charge in [0.05, 0.1) is 34.7 Å². The molecule has 0 bridgehead atoms. The number of carbonyl (C=O) groups is 1. The Morgan fingerprint density at radius 3 is 2.76 bits per heavy atom. The van der Waals surface area contributed by atoms with Gasteiger partial charge in [-0.2, -0.15) is 5.10 Å². The van der Waals surface area contributed by atoms with Crippen LogP contribution in [0.15, 0.2) is 60.9 Å². The van der Waals surface area contributed by atoms with Gasteiger partial charge in [-0.25, -0.2) is 14.1 Å². The highest BCUT2D eigenvalue weighted by atomic mass is 32.1. The van der Waals surface area contributed by atoms with E-state index in [0.717, 1.165) is 20.9 Å². The van der Waals surface area contributed by atoms with Crippen molar-refractivity contribution < 1.29 is 9.18 Å². The average Bonchev–Trinajstić information content (AvgIpc) is 3.23. The summed E-state index contributed by atoms with van der Waals surface area (Å²) in [4.78, 5) is 16.6. The SMILES string of the molecule is O=C(Cc1ccc(F)cc1)Nc1cnn(-c2nc3ccccc3s2)c1. The molecule has 0 aliphatic carbocycles. The quantitative estimate of drug-likeness (QED) is 0.608. The predicted octanol–water partition coefficient (Wildman–Crippen LogP) is 3.80. The van der Waals surface area contributed by atoms with Crippen LogP contribution < -0.4 is 5.32 Å². The van der Waals surface area contributed by atoms with Crippen molar-refractivity contribution in [1.29, 1.82) is 0 Å². The Balaban J connectivity index is 1.47. The molecule has 4 rings (SSSR count). The van der Waals surface area contributed by atoms with E-state index in [1.807, 2.05) is 24.3 Å². The number of nitrogens with zero attached hydrogens (tertiary/aromatic N) is 3. The number of nitrogens with one attached hydrogen (secondary N) is 1. The summed E-state index contributed by atoms with van der Waals surface area (Å²) in [7, 11) is 0. The lowest BCUT2D eigenvalue weighted by Crippen LogP contribution is -2.13. The highest BCUT2D eigenvalue weighted by Crippen LogP contribution is 2.24. The van der Waals surface area contributed by atoms with Crippen LogP contribution in [0.2, 0.25) is 0 Å². The van der Waals surface area contributed by atoms with E-state index in [9.17, 15) is 9.18 Å². The van der Waals surface area contributed by atoms with Crippen LogP contribution in [-0.4, -0.2) is 20.7 Å². The highest BCUT2D eigenvalue weighted by molar-refractivity contribution is 7.20. The van der Waals surface area contributed by atoms with Gasteiger partial charge in [-0.1, -0.05) is 35.6 Å². The molecule has 0 radical (unpaired) electrons. The van der Waals surface area contributed by atoms with Gasteiger partial charge < -0.3 is 5.32 Å². The molecule has 0 saturated heterocycles. The van der Waals surface area contributed by atoms with Gasteiger partial charge in [-0.3, -0.25) is 4.79 Å². The van der Waals surface area contributed by atoms with Gasteiger partial charge in [-0.05, 0) is 29.8 Å². The zero-order chi connectivity index (χ0) is 17.2. The van der Waals surface area contributed by atoms with Crippen molar-refractivity contribution in [2.75, 3.05) is 5.32 Å². The Morgan fingerprint density at radius 1 is 1.16 bits per heavy atom. The van der Waals surface area contributed by atoms with Gasteiger partial charge in [0.1, 0.15) is 5.82 Å². The molecule has 0 unspecified atom stereocenters. The summed E-state index contributed by atoms with van der Waals surface area (Å²) in [6, 6.07) is 13.7. The van der Waals surface area contributed by atoms with Gasteiger partial charge in [0.15, 0.2) is 0 Å². The van der Waals surface area contributed by atoms with E-state index in [0.29, 0.717) is 5.69 Å². The Bertz CT molecular complexity index is 1010. The van der Waals surface area contributed by atoms with Crippen molar-refractivity contribution in [3.63, 3.8) is 0 Å². The summed E-state index contributed by atoms with van der Waals surface area (Å²) in [5.41, 5.74) is 2.25. The second kappa shape index (κ2) is 6.45. The summed E-state index contributed by atoms with van der Waals surface area (Å²) >= 11 is 1.53. The molecule has 4 aromatic rings. The number of thiazole rings is 1. The minimum absolute atomic E-state index is 0.173. The number of fused-ring (bicyclic) bond motifs is 1. The Morgan fingerprint density at radius 2 is 1.96 bits per heavy atom. The van der Waals surface area contributed by atoms with Gasteiger partial charge in [0.25, 0.3) is 0 Å². The van der Waals surface area contributed by atoms with Crippen LogP contribution in [0.3, 0.4) is 0 Å². The first-order chi connectivity index (χ1) is 12.2. The van der Waals surface area contributed by atoms with Crippen LogP contribution in [0.5, 0.6) is 0 Å². The van der Waals surface area contributed by atoms with Gasteiger partial charge in [0.2, 0.25) is 11.0 Å². The molecule has 0 aliphatic rings. The number of anilines is 1. The van der Waals surface area contributed by atoms with E-state index in [2.05, 4.69) is 15.4 Å². The summed E-state index contributed by atoms with van der Waals surface area (Å²) < 4.78 is 15.6. The standard InChI is InChI=1S/C18H13FN4OS/c19-13-7-5-12(6-8-13)9-17(24)21-14-10-20-23(11-14)18-22-15-3-1-2-4-16(15)25-18/h1-8,10-11H,9H2,(H,21,24). The zero-order valence-corrected chi connectivity index (χ0v) is 13.8. The van der Waals surface area contributed by atoms with Crippen LogP contribution in [0, 0.1) is 5.82 Å². The first-order valence-corrected chi connectivity index (χ1v) is 8.44. The van der Waals surface area contributed by atoms with Crippen LogP contribution in [0.1, 0.15) is 5.56 Å². The molecule has 124 valence electrons. The minimum Gasteiger partial charge on any atom is -0.323 e. The Kier molecular flexibility index (Phi) is 3.99. The van der Waals surface area contributed by atoms with Crippen molar-refractivity contribution >= 4 is 33.1 Å². The number of aromatic nitrogens is 3. The lowest BCUT2D eigenvalue weighted by Gasteiger charge is -2.02. The van der Waals surface area contributed by atoms with Crippen molar-refractivity contribution in [3.05, 3.63) is 72.3 Å². The molecular formula is C18H13FN4OS. The first kappa shape index (κ1) is 15.5. The van der Waals surface area contributed by atoms with Crippen LogP contribution in [0.4, 0.5) is 10.1 Å². The van der Waals surface area contributed by atoms with Crippen molar-refractivity contribution in [3.8, 4) is 5.13 Å². The van der Waals surface area contributed by atoms with E-state index in [4.69, 9.17) is 0 Å². The van der Waals surface area contributed by atoms with E-state index in [-0.39, 0.29) is 18.1 Å². The van der Waals surface area contributed by atoms with Crippen LogP contribution >= 0.6 is 11.3 Å². The largest absolute Gasteiger partial charge is 0.323 e. The lowest BCUT2D eigenvalue weighted by atomic mass is 10.1. The summed E-state index contributed by atoms with van der Waals surface area (Å²) in [6.07, 6.45) is 3.47. The maximum Gasteiger partial charge on any atom is 0.228 e. The summed E-state index contributed by atoms with van der Waals surface area (Å²) in [5, 5.41) is 7.78. The normalized spacial score (nSPS) is 10.9. The molecule has 2 aromatic carbocycles. The third-order valence-electron chi connectivity index (χ3n) is 3.62. The van der Waals surface area contributed by atoms with E-state index >= 15 is 0 Å². The van der Waals surface area contributed by atoms with E-state index < -0.39 is 0 Å². The number of hydrogen-bond donors (Lipinski definition) is 1. The smallest absolute Gasteiger partial charge is 0.228 e. The number of rotatable bonds is 4. The minimum atomic E-state index is -0.318. The molecule has 0 aliphatic heterocycles. The second-order valence-corrected chi connectivity index (χ2v) is 6.50. The number of hydrogen-bond acceptors (Lipinski definition) is 4. The number of halogens is 1. The first-order valence-electron chi connectivity index (χ1n) is 7.62. The highest BCUT2D eigenvalue weighted by Gasteiger charge is 2.09. The van der Waals surface area contributed by atoms with Gasteiger partial charge in [-0.15, -0.1) is 0 Å². The Labute approximate surface area is 146 Å². The average molecular weight is 352 g/mol. The maximum atomic E-state index is 12.9. The van der Waals surface area contributed by atoms with E-state index in [1.165, 1.54) is 23.5 Å². The fourth-order valence-electron chi connectivity index (χ4n) is 2.44. The fourth-order valence-corrected chi connectivity index (χ4v) is 3.34. The topological polar surface area (TPSA) is 59.8 Å². The van der Waals surface area contributed by atoms with Crippen molar-refractivity contribution in [2.45, 2.75) is 6.42 Å². The van der Waals surface area contributed by atoms with Crippen molar-refractivity contribution in [1.82, 2.24) is 14.8 Å². The molecule has 7 heteroatoms. The third kappa shape index (κ3) is 3.41. The second-order valence-electron chi connectivity index (χ2n) is 5.49. The molecule has 1 N–H and O–H groups in total.